The van der Waals surface area contributed by atoms with Crippen molar-refractivity contribution >= 4 is 12.3 Å². The molecule has 5 N–H and O–H groups in total. The van der Waals surface area contributed by atoms with Crippen molar-refractivity contribution in [1.82, 2.24) is 15.1 Å². The van der Waals surface area contributed by atoms with Gasteiger partial charge in [-0.3, -0.25) is 0 Å². The van der Waals surface area contributed by atoms with E-state index in [0.29, 0.717) is 24.7 Å². The first-order valence-corrected chi connectivity index (χ1v) is 6.95. The molecule has 0 aromatic carbocycles. The van der Waals surface area contributed by atoms with Crippen molar-refractivity contribution in [3.63, 3.8) is 0 Å². The predicted octanol–water partition coefficient (Wildman–Crippen LogP) is -2.57. The molecular formula is C12H20N6O3. The number of aliphatic hydroxyl groups is 2. The molecule has 0 amide bonds. The number of hydrogen-bond acceptors (Lipinski definition) is 9. The molecule has 3 aliphatic heterocycles. The summed E-state index contributed by atoms with van der Waals surface area (Å²) in [4.78, 5) is 12.6. The van der Waals surface area contributed by atoms with Crippen molar-refractivity contribution in [2.24, 2.45) is 15.7 Å². The van der Waals surface area contributed by atoms with Crippen LogP contribution < -0.4 is 11.1 Å². The Hall–Kier alpha value is -1.84. The van der Waals surface area contributed by atoms with Gasteiger partial charge >= 0.3 is 0 Å². The number of hydrogen-bond donors (Lipinski definition) is 4. The fraction of sp³-hybridized carbons (Fsp3) is 0.667. The van der Waals surface area contributed by atoms with Gasteiger partial charge in [-0.15, -0.1) is 0 Å². The first-order valence-electron chi connectivity index (χ1n) is 6.95. The van der Waals surface area contributed by atoms with E-state index in [9.17, 15) is 5.11 Å². The van der Waals surface area contributed by atoms with Crippen molar-refractivity contribution in [3.05, 3.63) is 11.5 Å². The van der Waals surface area contributed by atoms with Crippen LogP contribution >= 0.6 is 0 Å². The molecule has 9 nitrogen and oxygen atoms in total. The molecule has 2 atom stereocenters. The maximum absolute atomic E-state index is 9.61. The number of aliphatic imine (C=N–C) groups is 2. The van der Waals surface area contributed by atoms with Crippen LogP contribution in [0, 0.1) is 0 Å². The van der Waals surface area contributed by atoms with E-state index in [2.05, 4.69) is 20.2 Å². The van der Waals surface area contributed by atoms with E-state index in [1.807, 2.05) is 0 Å². The Morgan fingerprint density at radius 2 is 2.24 bits per heavy atom. The van der Waals surface area contributed by atoms with Gasteiger partial charge < -0.3 is 35.8 Å². The van der Waals surface area contributed by atoms with Crippen molar-refractivity contribution in [1.29, 1.82) is 0 Å². The summed E-state index contributed by atoms with van der Waals surface area (Å²) < 4.78 is 5.33. The highest BCUT2D eigenvalue weighted by molar-refractivity contribution is 5.86. The van der Waals surface area contributed by atoms with Crippen molar-refractivity contribution in [3.8, 4) is 0 Å². The number of nitrogens with two attached hydrogens (primary N) is 1. The number of fused-ring (bicyclic) bond motifs is 1. The molecule has 0 bridgehead atoms. The van der Waals surface area contributed by atoms with Gasteiger partial charge in [0, 0.05) is 19.6 Å². The zero-order valence-electron chi connectivity index (χ0n) is 11.6. The number of morpholine rings is 1. The Kier molecular flexibility index (Phi) is 3.95. The molecule has 0 spiro atoms. The Morgan fingerprint density at radius 3 is 2.95 bits per heavy atom. The van der Waals surface area contributed by atoms with Crippen LogP contribution in [-0.2, 0) is 4.74 Å². The van der Waals surface area contributed by atoms with E-state index in [-0.39, 0.29) is 19.3 Å². The Balaban J connectivity index is 1.76. The van der Waals surface area contributed by atoms with Crippen LogP contribution in [0.2, 0.25) is 0 Å². The molecule has 3 heterocycles. The van der Waals surface area contributed by atoms with Crippen molar-refractivity contribution in [2.45, 2.75) is 12.3 Å². The van der Waals surface area contributed by atoms with Crippen molar-refractivity contribution in [2.75, 3.05) is 39.5 Å². The second-order valence-electron chi connectivity index (χ2n) is 5.13. The summed E-state index contributed by atoms with van der Waals surface area (Å²) in [6.07, 6.45) is 0.372. The molecule has 0 saturated carbocycles. The largest absolute Gasteiger partial charge is 0.394 e. The number of guanidine groups is 1. The fourth-order valence-electron chi connectivity index (χ4n) is 2.49. The molecule has 3 rings (SSSR count). The lowest BCUT2D eigenvalue weighted by Gasteiger charge is -2.29. The molecule has 0 radical (unpaired) electrons. The van der Waals surface area contributed by atoms with Crippen LogP contribution in [0.1, 0.15) is 0 Å². The monoisotopic (exact) mass is 296 g/mol. The number of nitrogens with zero attached hydrogens (tertiary/aromatic N) is 4. The minimum atomic E-state index is -0.848. The topological polar surface area (TPSA) is 119 Å². The molecule has 116 valence electrons. The Bertz CT molecular complexity index is 485. The van der Waals surface area contributed by atoms with E-state index in [0.717, 1.165) is 19.0 Å². The maximum Gasteiger partial charge on any atom is 0.201 e. The summed E-state index contributed by atoms with van der Waals surface area (Å²) in [5.74, 6) is 1.14. The van der Waals surface area contributed by atoms with E-state index >= 15 is 0 Å². The molecule has 9 heteroatoms. The highest BCUT2D eigenvalue weighted by atomic mass is 16.5. The normalized spacial score (nSPS) is 26.6. The SMILES string of the molecule is NC1=C2NC(N3CCOCC3)=N[C@@H]2N(C[C@H](O)CO)C=N1. The second-order valence-corrected chi connectivity index (χ2v) is 5.13. The van der Waals surface area contributed by atoms with E-state index in [1.165, 1.54) is 0 Å². The standard InChI is InChI=1S/C12H20N6O3/c13-10-9-11(18(7-14-10)5-8(20)6-19)16-12(15-9)17-1-3-21-4-2-17/h7-8,11,19-20H,1-6,13H2,(H,15,16)/t8-,11+/m0/s1. The van der Waals surface area contributed by atoms with Gasteiger partial charge in [0.25, 0.3) is 0 Å². The van der Waals surface area contributed by atoms with Crippen LogP contribution in [-0.4, -0.2) is 84.0 Å². The van der Waals surface area contributed by atoms with E-state index in [4.69, 9.17) is 15.6 Å². The third-order valence-electron chi connectivity index (χ3n) is 3.63. The molecule has 1 saturated heterocycles. The van der Waals surface area contributed by atoms with Crippen LogP contribution in [0.4, 0.5) is 0 Å². The zero-order valence-corrected chi connectivity index (χ0v) is 11.6. The van der Waals surface area contributed by atoms with Gasteiger partial charge in [0.2, 0.25) is 5.96 Å². The smallest absolute Gasteiger partial charge is 0.201 e. The number of aliphatic hydroxyl groups excluding tert-OH is 2. The van der Waals surface area contributed by atoms with Crippen LogP contribution in [0.25, 0.3) is 0 Å². The average molecular weight is 296 g/mol. The number of ether oxygens (including phenoxy) is 1. The minimum absolute atomic E-state index is 0.239. The Morgan fingerprint density at radius 1 is 1.48 bits per heavy atom. The third-order valence-corrected chi connectivity index (χ3v) is 3.63. The van der Waals surface area contributed by atoms with Gasteiger partial charge in [-0.2, -0.15) is 0 Å². The first kappa shape index (κ1) is 14.1. The van der Waals surface area contributed by atoms with Crippen molar-refractivity contribution < 1.29 is 14.9 Å². The average Bonchev–Trinajstić information content (AvgIpc) is 2.97. The first-order chi connectivity index (χ1) is 10.2. The van der Waals surface area contributed by atoms with Gasteiger partial charge in [-0.05, 0) is 0 Å². The highest BCUT2D eigenvalue weighted by Gasteiger charge is 2.35. The molecule has 0 unspecified atom stereocenters. The Labute approximate surface area is 122 Å². The van der Waals surface area contributed by atoms with Crippen LogP contribution in [0.3, 0.4) is 0 Å². The van der Waals surface area contributed by atoms with Crippen LogP contribution in [0.5, 0.6) is 0 Å². The summed E-state index contributed by atoms with van der Waals surface area (Å²) in [6, 6.07) is 0. The molecule has 1 fully saturated rings. The van der Waals surface area contributed by atoms with Gasteiger partial charge in [-0.25, -0.2) is 9.98 Å². The van der Waals surface area contributed by atoms with Gasteiger partial charge in [0.1, 0.15) is 11.5 Å². The van der Waals surface area contributed by atoms with Crippen LogP contribution in [0.15, 0.2) is 21.5 Å². The molecule has 21 heavy (non-hydrogen) atoms. The van der Waals surface area contributed by atoms with Gasteiger partial charge in [0.15, 0.2) is 6.17 Å². The summed E-state index contributed by atoms with van der Waals surface area (Å²) in [6.45, 7) is 2.81. The lowest BCUT2D eigenvalue weighted by molar-refractivity contribution is 0.0667. The van der Waals surface area contributed by atoms with E-state index in [1.54, 1.807) is 11.2 Å². The number of rotatable bonds is 3. The lowest BCUT2D eigenvalue weighted by Crippen LogP contribution is -2.46. The maximum atomic E-state index is 9.61. The lowest BCUT2D eigenvalue weighted by atomic mass is 10.2. The summed E-state index contributed by atoms with van der Waals surface area (Å²) >= 11 is 0. The zero-order chi connectivity index (χ0) is 14.8. The third kappa shape index (κ3) is 2.80. The molecule has 3 aliphatic rings. The predicted molar refractivity (Wildman–Crippen MR) is 76.3 cm³/mol. The quantitative estimate of drug-likeness (QED) is 0.452. The summed E-state index contributed by atoms with van der Waals surface area (Å²) in [7, 11) is 0. The molecular weight excluding hydrogens is 276 g/mol. The number of nitrogens with one attached hydrogen (secondary N) is 1. The van der Waals surface area contributed by atoms with E-state index < -0.39 is 6.10 Å². The summed E-state index contributed by atoms with van der Waals surface area (Å²) in [5.41, 5.74) is 6.61. The molecule has 0 aliphatic carbocycles. The van der Waals surface area contributed by atoms with Gasteiger partial charge in [0.05, 0.1) is 32.3 Å². The highest BCUT2D eigenvalue weighted by Crippen LogP contribution is 2.22. The molecule has 0 aromatic rings. The minimum Gasteiger partial charge on any atom is -0.394 e. The summed E-state index contributed by atoms with van der Waals surface area (Å²) in [5, 5.41) is 21.8. The molecule has 0 aromatic heterocycles. The van der Waals surface area contributed by atoms with Gasteiger partial charge in [-0.1, -0.05) is 0 Å². The second kappa shape index (κ2) is 5.88. The number of β-amino-alcohol motifs (C(OH)–C–C–N with tert-alkyl or cyclic N) is 1. The fourth-order valence-corrected chi connectivity index (χ4v) is 2.49.